The van der Waals surface area contributed by atoms with Crippen molar-refractivity contribution < 1.29 is 9.53 Å². The Labute approximate surface area is 112 Å². The highest BCUT2D eigenvalue weighted by atomic mass is 16.6. The number of carbonyl (C=O) groups excluding carboxylic acids is 1. The van der Waals surface area contributed by atoms with Gasteiger partial charge in [0.05, 0.1) is 18.2 Å². The Kier molecular flexibility index (Phi) is 4.37. The van der Waals surface area contributed by atoms with Crippen LogP contribution >= 0.6 is 0 Å². The van der Waals surface area contributed by atoms with E-state index in [0.717, 1.165) is 18.7 Å². The predicted octanol–water partition coefficient (Wildman–Crippen LogP) is 1.74. The second kappa shape index (κ2) is 6.21. The summed E-state index contributed by atoms with van der Waals surface area (Å²) >= 11 is 0. The lowest BCUT2D eigenvalue weighted by Crippen LogP contribution is -2.43. The summed E-state index contributed by atoms with van der Waals surface area (Å²) in [5.74, 6) is 0.316. The highest BCUT2D eigenvalue weighted by Gasteiger charge is 2.28. The lowest BCUT2D eigenvalue weighted by Gasteiger charge is -2.32. The smallest absolute Gasteiger partial charge is 0.414 e. The molecule has 1 aromatic carbocycles. The van der Waals surface area contributed by atoms with Crippen molar-refractivity contribution >= 4 is 11.8 Å². The van der Waals surface area contributed by atoms with E-state index in [1.165, 1.54) is 0 Å². The number of nitrogens with zero attached hydrogens (tertiary/aromatic N) is 2. The monoisotopic (exact) mass is 259 g/mol. The molecule has 0 radical (unpaired) electrons. The zero-order valence-corrected chi connectivity index (χ0v) is 10.9. The van der Waals surface area contributed by atoms with Crippen LogP contribution in [0.4, 0.5) is 10.5 Å². The maximum Gasteiger partial charge on any atom is 0.414 e. The van der Waals surface area contributed by atoms with Crippen LogP contribution in [-0.4, -0.2) is 32.8 Å². The Morgan fingerprint density at radius 1 is 1.58 bits per heavy atom. The van der Waals surface area contributed by atoms with Crippen molar-refractivity contribution in [2.75, 3.05) is 31.6 Å². The Morgan fingerprint density at radius 2 is 2.42 bits per heavy atom. The molecule has 1 atom stereocenters. The highest BCUT2D eigenvalue weighted by molar-refractivity contribution is 5.88. The first-order valence-electron chi connectivity index (χ1n) is 6.33. The SMILES string of the molecule is CNCCC1COC(=O)N(c2cccc(C#N)c2)C1. The van der Waals surface area contributed by atoms with Crippen molar-refractivity contribution in [3.63, 3.8) is 0 Å². The molecule has 1 aliphatic heterocycles. The summed E-state index contributed by atoms with van der Waals surface area (Å²) in [6, 6.07) is 9.11. The van der Waals surface area contributed by atoms with Crippen LogP contribution < -0.4 is 10.2 Å². The Morgan fingerprint density at radius 3 is 3.16 bits per heavy atom. The normalized spacial score (nSPS) is 18.8. The van der Waals surface area contributed by atoms with Gasteiger partial charge in [-0.3, -0.25) is 4.90 Å². The number of nitrogens with one attached hydrogen (secondary N) is 1. The standard InChI is InChI=1S/C14H17N3O2/c1-16-6-5-12-9-17(14(18)19-10-12)13-4-2-3-11(7-13)8-15/h2-4,7,12,16H,5-6,9-10H2,1H3. The first-order valence-corrected chi connectivity index (χ1v) is 6.33. The maximum absolute atomic E-state index is 11.8. The molecule has 1 aromatic rings. The molecule has 1 N–H and O–H groups in total. The number of amides is 1. The first kappa shape index (κ1) is 13.4. The van der Waals surface area contributed by atoms with Crippen molar-refractivity contribution in [2.24, 2.45) is 5.92 Å². The molecule has 0 aliphatic carbocycles. The van der Waals surface area contributed by atoms with Crippen LogP contribution in [0.2, 0.25) is 0 Å². The minimum atomic E-state index is -0.337. The minimum Gasteiger partial charge on any atom is -0.449 e. The van der Waals surface area contributed by atoms with Crippen LogP contribution in [0.25, 0.3) is 0 Å². The lowest BCUT2D eigenvalue weighted by molar-refractivity contribution is 0.112. The van der Waals surface area contributed by atoms with Gasteiger partial charge >= 0.3 is 6.09 Å². The van der Waals surface area contributed by atoms with Gasteiger partial charge < -0.3 is 10.1 Å². The molecule has 100 valence electrons. The van der Waals surface area contributed by atoms with Gasteiger partial charge in [-0.25, -0.2) is 4.79 Å². The minimum absolute atomic E-state index is 0.316. The molecule has 2 rings (SSSR count). The zero-order valence-electron chi connectivity index (χ0n) is 10.9. The summed E-state index contributed by atoms with van der Waals surface area (Å²) in [7, 11) is 1.91. The van der Waals surface area contributed by atoms with Gasteiger partial charge in [0.15, 0.2) is 0 Å². The van der Waals surface area contributed by atoms with E-state index in [9.17, 15) is 4.79 Å². The molecule has 1 unspecified atom stereocenters. The Bertz CT molecular complexity index is 496. The number of carbonyl (C=O) groups is 1. The Hall–Kier alpha value is -2.06. The average molecular weight is 259 g/mol. The summed E-state index contributed by atoms with van der Waals surface area (Å²) in [4.78, 5) is 13.4. The molecular formula is C14H17N3O2. The fraction of sp³-hybridized carbons (Fsp3) is 0.429. The van der Waals surface area contributed by atoms with Crippen molar-refractivity contribution in [1.82, 2.24) is 5.32 Å². The van der Waals surface area contributed by atoms with Gasteiger partial charge in [0.2, 0.25) is 0 Å². The molecule has 5 heteroatoms. The molecule has 0 spiro atoms. The molecule has 0 aromatic heterocycles. The van der Waals surface area contributed by atoms with E-state index in [-0.39, 0.29) is 6.09 Å². The molecule has 0 bridgehead atoms. The van der Waals surface area contributed by atoms with Gasteiger partial charge in [0.1, 0.15) is 0 Å². The molecule has 0 saturated carbocycles. The van der Waals surface area contributed by atoms with Gasteiger partial charge in [-0.2, -0.15) is 5.26 Å². The number of anilines is 1. The molecule has 1 heterocycles. The number of hydrogen-bond acceptors (Lipinski definition) is 4. The topological polar surface area (TPSA) is 65.4 Å². The summed E-state index contributed by atoms with van der Waals surface area (Å²) in [5, 5.41) is 12.0. The van der Waals surface area contributed by atoms with Crippen LogP contribution in [0.1, 0.15) is 12.0 Å². The zero-order chi connectivity index (χ0) is 13.7. The summed E-state index contributed by atoms with van der Waals surface area (Å²) in [5.41, 5.74) is 1.26. The number of benzene rings is 1. The Balaban J connectivity index is 2.12. The van der Waals surface area contributed by atoms with E-state index in [1.807, 2.05) is 13.1 Å². The molecule has 1 aliphatic rings. The summed E-state index contributed by atoms with van der Waals surface area (Å²) in [6.07, 6.45) is 0.619. The van der Waals surface area contributed by atoms with Crippen LogP contribution in [0.3, 0.4) is 0 Å². The van der Waals surface area contributed by atoms with E-state index < -0.39 is 0 Å². The quantitative estimate of drug-likeness (QED) is 0.894. The number of cyclic esters (lactones) is 1. The second-order valence-corrected chi connectivity index (χ2v) is 4.61. The van der Waals surface area contributed by atoms with Crippen LogP contribution in [0, 0.1) is 17.2 Å². The maximum atomic E-state index is 11.8. The van der Waals surface area contributed by atoms with E-state index in [2.05, 4.69) is 11.4 Å². The van der Waals surface area contributed by atoms with Crippen LogP contribution in [-0.2, 0) is 4.74 Å². The van der Waals surface area contributed by atoms with Crippen molar-refractivity contribution in [3.8, 4) is 6.07 Å². The fourth-order valence-electron chi connectivity index (χ4n) is 2.13. The largest absolute Gasteiger partial charge is 0.449 e. The van der Waals surface area contributed by atoms with Crippen LogP contribution in [0.5, 0.6) is 0 Å². The second-order valence-electron chi connectivity index (χ2n) is 4.61. The predicted molar refractivity (Wildman–Crippen MR) is 71.9 cm³/mol. The highest BCUT2D eigenvalue weighted by Crippen LogP contribution is 2.23. The van der Waals surface area contributed by atoms with Gasteiger partial charge in [-0.15, -0.1) is 0 Å². The van der Waals surface area contributed by atoms with Crippen molar-refractivity contribution in [2.45, 2.75) is 6.42 Å². The van der Waals surface area contributed by atoms with E-state index in [4.69, 9.17) is 10.00 Å². The van der Waals surface area contributed by atoms with Gasteiger partial charge in [-0.05, 0) is 38.2 Å². The summed E-state index contributed by atoms with van der Waals surface area (Å²) < 4.78 is 5.20. The molecule has 1 amide bonds. The summed E-state index contributed by atoms with van der Waals surface area (Å²) in [6.45, 7) is 2.00. The van der Waals surface area contributed by atoms with Gasteiger partial charge in [-0.1, -0.05) is 6.07 Å². The van der Waals surface area contributed by atoms with Gasteiger partial charge in [0.25, 0.3) is 0 Å². The first-order chi connectivity index (χ1) is 9.24. The van der Waals surface area contributed by atoms with Crippen LogP contribution in [0.15, 0.2) is 24.3 Å². The third kappa shape index (κ3) is 3.24. The fourth-order valence-corrected chi connectivity index (χ4v) is 2.13. The third-order valence-corrected chi connectivity index (χ3v) is 3.19. The van der Waals surface area contributed by atoms with E-state index in [0.29, 0.717) is 24.6 Å². The molecule has 1 fully saturated rings. The molecule has 19 heavy (non-hydrogen) atoms. The number of hydrogen-bond donors (Lipinski definition) is 1. The molecular weight excluding hydrogens is 242 g/mol. The third-order valence-electron chi connectivity index (χ3n) is 3.19. The van der Waals surface area contributed by atoms with E-state index in [1.54, 1.807) is 23.1 Å². The number of rotatable bonds is 4. The lowest BCUT2D eigenvalue weighted by atomic mass is 10.0. The number of ether oxygens (including phenoxy) is 1. The average Bonchev–Trinajstić information content (AvgIpc) is 2.46. The van der Waals surface area contributed by atoms with Gasteiger partial charge in [0, 0.05) is 18.2 Å². The van der Waals surface area contributed by atoms with Crippen molar-refractivity contribution in [3.05, 3.63) is 29.8 Å². The van der Waals surface area contributed by atoms with E-state index >= 15 is 0 Å². The molecule has 1 saturated heterocycles. The van der Waals surface area contributed by atoms with Crippen molar-refractivity contribution in [1.29, 1.82) is 5.26 Å². The number of nitriles is 1. The molecule has 5 nitrogen and oxygen atoms in total.